The van der Waals surface area contributed by atoms with Gasteiger partial charge in [-0.25, -0.2) is 0 Å². The van der Waals surface area contributed by atoms with Gasteiger partial charge in [0.1, 0.15) is 0 Å². The van der Waals surface area contributed by atoms with Crippen LogP contribution >= 0.6 is 0 Å². The monoisotopic (exact) mass is 281 g/mol. The normalized spacial score (nSPS) is 19.1. The molecule has 0 radical (unpaired) electrons. The van der Waals surface area contributed by atoms with Gasteiger partial charge >= 0.3 is 0 Å². The summed E-state index contributed by atoms with van der Waals surface area (Å²) in [6, 6.07) is -0.309. The van der Waals surface area contributed by atoms with Crippen LogP contribution in [0.5, 0.6) is 0 Å². The average molecular weight is 281 g/mol. The van der Waals surface area contributed by atoms with Crippen molar-refractivity contribution in [3.8, 4) is 0 Å². The van der Waals surface area contributed by atoms with Gasteiger partial charge in [-0.2, -0.15) is 0 Å². The van der Waals surface area contributed by atoms with E-state index in [0.29, 0.717) is 6.42 Å². The van der Waals surface area contributed by atoms with Crippen LogP contribution in [-0.2, 0) is 9.59 Å². The maximum absolute atomic E-state index is 12.2. The molecule has 3 heteroatoms. The molecule has 0 saturated heterocycles. The predicted molar refractivity (Wildman–Crippen MR) is 82.4 cm³/mol. The fourth-order valence-corrected chi connectivity index (χ4v) is 2.97. The maximum atomic E-state index is 12.2. The Hall–Kier alpha value is -0.860. The Bertz CT molecular complexity index is 319. The fourth-order valence-electron chi connectivity index (χ4n) is 2.97. The number of rotatable bonds is 8. The molecule has 2 atom stereocenters. The molecule has 0 aromatic carbocycles. The second-order valence-electron chi connectivity index (χ2n) is 6.68. The molecule has 1 aliphatic carbocycles. The Balaban J connectivity index is 2.46. The molecule has 1 fully saturated rings. The summed E-state index contributed by atoms with van der Waals surface area (Å²) in [5.41, 5.74) is 0. The molecule has 0 spiro atoms. The molecule has 3 nitrogen and oxygen atoms in total. The number of ketones is 1. The van der Waals surface area contributed by atoms with Crippen molar-refractivity contribution in [3.05, 3.63) is 0 Å². The Kier molecular flexibility index (Phi) is 7.25. The number of carbonyl (C=O) groups excluding carboxylic acids is 2. The van der Waals surface area contributed by atoms with Crippen LogP contribution in [0.1, 0.15) is 72.6 Å². The first-order valence-corrected chi connectivity index (χ1v) is 8.28. The summed E-state index contributed by atoms with van der Waals surface area (Å²) >= 11 is 0. The van der Waals surface area contributed by atoms with Gasteiger partial charge in [0.2, 0.25) is 5.91 Å². The third-order valence-electron chi connectivity index (χ3n) is 4.66. The van der Waals surface area contributed by atoms with Gasteiger partial charge in [0.25, 0.3) is 0 Å². The van der Waals surface area contributed by atoms with Gasteiger partial charge < -0.3 is 5.32 Å². The van der Waals surface area contributed by atoms with Crippen molar-refractivity contribution in [1.29, 1.82) is 0 Å². The van der Waals surface area contributed by atoms with Crippen molar-refractivity contribution in [2.24, 2.45) is 17.8 Å². The minimum atomic E-state index is -0.309. The minimum absolute atomic E-state index is 0.0240. The van der Waals surface area contributed by atoms with Crippen LogP contribution in [0.2, 0.25) is 0 Å². The van der Waals surface area contributed by atoms with Crippen molar-refractivity contribution in [2.75, 3.05) is 0 Å². The molecule has 0 aromatic rings. The van der Waals surface area contributed by atoms with Crippen molar-refractivity contribution in [2.45, 2.75) is 78.7 Å². The molecule has 1 amide bonds. The van der Waals surface area contributed by atoms with E-state index in [1.165, 1.54) is 25.7 Å². The zero-order chi connectivity index (χ0) is 15.1. The van der Waals surface area contributed by atoms with E-state index >= 15 is 0 Å². The van der Waals surface area contributed by atoms with Crippen LogP contribution in [0.3, 0.4) is 0 Å². The minimum Gasteiger partial charge on any atom is -0.346 e. The van der Waals surface area contributed by atoms with Crippen LogP contribution in [0.25, 0.3) is 0 Å². The molecule has 1 rings (SSSR count). The van der Waals surface area contributed by atoms with Crippen LogP contribution in [0, 0.1) is 17.8 Å². The highest BCUT2D eigenvalue weighted by Crippen LogP contribution is 2.28. The first kappa shape index (κ1) is 17.2. The molecule has 0 aromatic heterocycles. The molecule has 0 aliphatic heterocycles. The van der Waals surface area contributed by atoms with Crippen molar-refractivity contribution >= 4 is 11.7 Å². The standard InChI is InChI=1S/C17H31NO2/c1-5-13(4)16(17(20)12(2)3)18-15(19)11-10-14-8-6-7-9-14/h12-14,16H,5-11H2,1-4H3,(H,18,19)/t13-,16+/m1/s1. The summed E-state index contributed by atoms with van der Waals surface area (Å²) in [6.45, 7) is 7.92. The first-order valence-electron chi connectivity index (χ1n) is 8.28. The van der Waals surface area contributed by atoms with Crippen LogP contribution in [0.15, 0.2) is 0 Å². The number of carbonyl (C=O) groups is 2. The molecule has 1 aliphatic rings. The van der Waals surface area contributed by atoms with Crippen LogP contribution < -0.4 is 5.32 Å². The van der Waals surface area contributed by atoms with E-state index in [2.05, 4.69) is 12.2 Å². The van der Waals surface area contributed by atoms with E-state index in [4.69, 9.17) is 0 Å². The van der Waals surface area contributed by atoms with Gasteiger partial charge in [0, 0.05) is 12.3 Å². The van der Waals surface area contributed by atoms with Crippen molar-refractivity contribution < 1.29 is 9.59 Å². The highest BCUT2D eigenvalue weighted by molar-refractivity contribution is 5.90. The zero-order valence-electron chi connectivity index (χ0n) is 13.6. The molecular formula is C17H31NO2. The first-order chi connectivity index (χ1) is 9.45. The summed E-state index contributed by atoms with van der Waals surface area (Å²) < 4.78 is 0. The highest BCUT2D eigenvalue weighted by Gasteiger charge is 2.27. The molecule has 116 valence electrons. The topological polar surface area (TPSA) is 46.2 Å². The largest absolute Gasteiger partial charge is 0.346 e. The third kappa shape index (κ3) is 5.26. The third-order valence-corrected chi connectivity index (χ3v) is 4.66. The Morgan fingerprint density at radius 3 is 2.25 bits per heavy atom. The lowest BCUT2D eigenvalue weighted by molar-refractivity contribution is -0.130. The van der Waals surface area contributed by atoms with Gasteiger partial charge in [-0.3, -0.25) is 9.59 Å². The smallest absolute Gasteiger partial charge is 0.220 e. The highest BCUT2D eigenvalue weighted by atomic mass is 16.2. The Morgan fingerprint density at radius 1 is 1.15 bits per heavy atom. The van der Waals surface area contributed by atoms with Gasteiger partial charge in [-0.05, 0) is 18.3 Å². The quantitative estimate of drug-likeness (QED) is 0.737. The van der Waals surface area contributed by atoms with Gasteiger partial charge in [0.15, 0.2) is 5.78 Å². The summed E-state index contributed by atoms with van der Waals surface area (Å²) in [4.78, 5) is 24.3. The van der Waals surface area contributed by atoms with E-state index in [9.17, 15) is 9.59 Å². The number of nitrogens with one attached hydrogen (secondary N) is 1. The van der Waals surface area contributed by atoms with Gasteiger partial charge in [-0.1, -0.05) is 59.8 Å². The predicted octanol–water partition coefficient (Wildman–Crippen LogP) is 3.71. The van der Waals surface area contributed by atoms with E-state index in [1.54, 1.807) is 0 Å². The number of hydrogen-bond donors (Lipinski definition) is 1. The van der Waals surface area contributed by atoms with Gasteiger partial charge in [-0.15, -0.1) is 0 Å². The van der Waals surface area contributed by atoms with E-state index in [-0.39, 0.29) is 29.6 Å². The molecule has 20 heavy (non-hydrogen) atoms. The summed E-state index contributed by atoms with van der Waals surface area (Å²) in [7, 11) is 0. The molecule has 0 unspecified atom stereocenters. The summed E-state index contributed by atoms with van der Waals surface area (Å²) in [6.07, 6.45) is 7.63. The molecular weight excluding hydrogens is 250 g/mol. The van der Waals surface area contributed by atoms with E-state index in [1.807, 2.05) is 20.8 Å². The van der Waals surface area contributed by atoms with Gasteiger partial charge in [0.05, 0.1) is 6.04 Å². The number of Topliss-reactive ketones (excluding diaryl/α,β-unsaturated/α-hetero) is 1. The summed E-state index contributed by atoms with van der Waals surface area (Å²) in [5.74, 6) is 1.12. The molecule has 1 saturated carbocycles. The van der Waals surface area contributed by atoms with E-state index < -0.39 is 0 Å². The SMILES string of the molecule is CC[C@@H](C)[C@H](NC(=O)CCC1CCCC1)C(=O)C(C)C. The maximum Gasteiger partial charge on any atom is 0.220 e. The van der Waals surface area contributed by atoms with Crippen LogP contribution in [-0.4, -0.2) is 17.7 Å². The second-order valence-corrected chi connectivity index (χ2v) is 6.68. The Morgan fingerprint density at radius 2 is 1.75 bits per heavy atom. The summed E-state index contributed by atoms with van der Waals surface area (Å²) in [5, 5.41) is 2.98. The molecule has 1 N–H and O–H groups in total. The number of hydrogen-bond acceptors (Lipinski definition) is 2. The fraction of sp³-hybridized carbons (Fsp3) is 0.882. The Labute approximate surface area is 123 Å². The lowest BCUT2D eigenvalue weighted by Crippen LogP contribution is -2.46. The van der Waals surface area contributed by atoms with E-state index in [0.717, 1.165) is 18.8 Å². The van der Waals surface area contributed by atoms with Crippen molar-refractivity contribution in [3.63, 3.8) is 0 Å². The zero-order valence-corrected chi connectivity index (χ0v) is 13.6. The number of amides is 1. The second kappa shape index (κ2) is 8.43. The van der Waals surface area contributed by atoms with Crippen molar-refractivity contribution in [1.82, 2.24) is 5.32 Å². The molecule has 0 heterocycles. The molecule has 0 bridgehead atoms. The lowest BCUT2D eigenvalue weighted by Gasteiger charge is -2.25. The van der Waals surface area contributed by atoms with Crippen LogP contribution in [0.4, 0.5) is 0 Å². The lowest BCUT2D eigenvalue weighted by atomic mass is 9.90. The average Bonchev–Trinajstić information content (AvgIpc) is 2.94.